The van der Waals surface area contributed by atoms with Gasteiger partial charge in [0.15, 0.2) is 11.6 Å². The third-order valence-corrected chi connectivity index (χ3v) is 6.65. The first-order chi connectivity index (χ1) is 16.9. The van der Waals surface area contributed by atoms with Gasteiger partial charge in [0.25, 0.3) is 0 Å². The zero-order chi connectivity index (χ0) is 24.9. The molecule has 0 bridgehead atoms. The lowest BCUT2D eigenvalue weighted by Crippen LogP contribution is -2.45. The van der Waals surface area contributed by atoms with Crippen molar-refractivity contribution in [2.45, 2.75) is 12.8 Å². The number of ketones is 2. The summed E-state index contributed by atoms with van der Waals surface area (Å²) in [5.74, 6) is -1.21. The molecule has 1 aliphatic carbocycles. The molecule has 1 fully saturated rings. The van der Waals surface area contributed by atoms with E-state index in [2.05, 4.69) is 22.2 Å². The SMILES string of the molecule is CNc1cccc2c1CC(=O)C(C(=O)Cc1ccc(C(=O)O)cc1OCCN1CCN(C)CC1)=C2.Cl. The summed E-state index contributed by atoms with van der Waals surface area (Å²) in [5, 5.41) is 12.5. The summed E-state index contributed by atoms with van der Waals surface area (Å²) in [6, 6.07) is 10.2. The van der Waals surface area contributed by atoms with Gasteiger partial charge in [-0.3, -0.25) is 14.5 Å². The molecule has 2 aromatic rings. The van der Waals surface area contributed by atoms with Crippen LogP contribution in [0, 0.1) is 0 Å². The number of nitrogens with zero attached hydrogens (tertiary/aromatic N) is 2. The van der Waals surface area contributed by atoms with Crippen LogP contribution in [0.4, 0.5) is 5.69 Å². The molecule has 4 rings (SSSR count). The average Bonchev–Trinajstić information content (AvgIpc) is 2.85. The zero-order valence-electron chi connectivity index (χ0n) is 20.6. The molecular weight excluding hydrogens is 482 g/mol. The Hall–Kier alpha value is -3.20. The molecular formula is C27H32ClN3O5. The van der Waals surface area contributed by atoms with Crippen LogP contribution in [0.1, 0.15) is 27.0 Å². The maximum atomic E-state index is 13.2. The Labute approximate surface area is 217 Å². The van der Waals surface area contributed by atoms with Crippen molar-refractivity contribution in [3.05, 3.63) is 64.2 Å². The zero-order valence-corrected chi connectivity index (χ0v) is 21.4. The first-order valence-electron chi connectivity index (χ1n) is 11.8. The largest absolute Gasteiger partial charge is 0.492 e. The first kappa shape index (κ1) is 27.4. The van der Waals surface area contributed by atoms with Gasteiger partial charge in [-0.05, 0) is 42.4 Å². The molecule has 192 valence electrons. The number of ether oxygens (including phenoxy) is 1. The molecule has 2 aliphatic rings. The monoisotopic (exact) mass is 513 g/mol. The standard InChI is InChI=1S/C27H31N3O5.ClH/c1-28-23-5-3-4-18-14-22(25(32)17-21(18)23)24(31)15-19-6-7-20(27(33)34)16-26(19)35-13-12-30-10-8-29(2)9-11-30;/h3-7,14,16,28H,8-13,15,17H2,1-2H3,(H,33,34);1H. The Morgan fingerprint density at radius 3 is 2.56 bits per heavy atom. The summed E-state index contributed by atoms with van der Waals surface area (Å²) >= 11 is 0. The Bertz CT molecular complexity index is 1170. The van der Waals surface area contributed by atoms with Crippen molar-refractivity contribution in [3.63, 3.8) is 0 Å². The summed E-state index contributed by atoms with van der Waals surface area (Å²) in [5.41, 5.74) is 3.44. The van der Waals surface area contributed by atoms with E-state index < -0.39 is 5.97 Å². The highest BCUT2D eigenvalue weighted by Crippen LogP contribution is 2.30. The molecule has 2 aromatic carbocycles. The fourth-order valence-electron chi connectivity index (χ4n) is 4.49. The van der Waals surface area contributed by atoms with Gasteiger partial charge in [0.1, 0.15) is 12.4 Å². The number of carboxylic acid groups (broad SMARTS) is 1. The van der Waals surface area contributed by atoms with Crippen molar-refractivity contribution >= 4 is 41.7 Å². The van der Waals surface area contributed by atoms with E-state index >= 15 is 0 Å². The minimum atomic E-state index is -1.06. The molecule has 0 amide bonds. The molecule has 1 heterocycles. The van der Waals surface area contributed by atoms with Gasteiger partial charge in [-0.1, -0.05) is 18.2 Å². The van der Waals surface area contributed by atoms with Crippen molar-refractivity contribution in [2.24, 2.45) is 0 Å². The number of aromatic carboxylic acids is 1. The summed E-state index contributed by atoms with van der Waals surface area (Å²) in [6.07, 6.45) is 1.78. The smallest absolute Gasteiger partial charge is 0.335 e. The molecule has 0 saturated carbocycles. The lowest BCUT2D eigenvalue weighted by molar-refractivity contribution is -0.120. The summed E-state index contributed by atoms with van der Waals surface area (Å²) in [7, 11) is 3.90. The summed E-state index contributed by atoms with van der Waals surface area (Å²) in [6.45, 7) is 5.00. The number of benzene rings is 2. The molecule has 0 unspecified atom stereocenters. The number of piperazine rings is 1. The van der Waals surface area contributed by atoms with E-state index in [1.165, 1.54) is 12.1 Å². The van der Waals surface area contributed by atoms with Crippen LogP contribution in [0.2, 0.25) is 0 Å². The second-order valence-electron chi connectivity index (χ2n) is 9.00. The molecule has 9 heteroatoms. The predicted molar refractivity (Wildman–Crippen MR) is 141 cm³/mol. The minimum Gasteiger partial charge on any atom is -0.492 e. The van der Waals surface area contributed by atoms with Crippen LogP contribution in [-0.4, -0.2) is 85.9 Å². The molecule has 36 heavy (non-hydrogen) atoms. The second kappa shape index (κ2) is 12.2. The highest BCUT2D eigenvalue weighted by atomic mass is 35.5. The number of rotatable bonds is 9. The number of carbonyl (C=O) groups excluding carboxylic acids is 2. The fourth-order valence-corrected chi connectivity index (χ4v) is 4.49. The van der Waals surface area contributed by atoms with Gasteiger partial charge in [-0.2, -0.15) is 0 Å². The lowest BCUT2D eigenvalue weighted by atomic mass is 9.86. The lowest BCUT2D eigenvalue weighted by Gasteiger charge is -2.32. The Balaban J connectivity index is 0.00000361. The maximum absolute atomic E-state index is 13.2. The number of allylic oxidation sites excluding steroid dienone is 1. The van der Waals surface area contributed by atoms with E-state index in [0.29, 0.717) is 24.5 Å². The number of hydrogen-bond acceptors (Lipinski definition) is 7. The van der Waals surface area contributed by atoms with Gasteiger partial charge in [0.05, 0.1) is 11.1 Å². The van der Waals surface area contributed by atoms with Crippen molar-refractivity contribution in [1.29, 1.82) is 0 Å². The van der Waals surface area contributed by atoms with E-state index in [4.69, 9.17) is 4.74 Å². The van der Waals surface area contributed by atoms with Crippen LogP contribution in [0.25, 0.3) is 6.08 Å². The number of anilines is 1. The number of carbonyl (C=O) groups is 3. The molecule has 1 aliphatic heterocycles. The van der Waals surface area contributed by atoms with Gasteiger partial charge < -0.3 is 20.1 Å². The quantitative estimate of drug-likeness (QED) is 0.494. The van der Waals surface area contributed by atoms with Crippen LogP contribution in [0.5, 0.6) is 5.75 Å². The van der Waals surface area contributed by atoms with Crippen molar-refractivity contribution in [2.75, 3.05) is 58.7 Å². The second-order valence-corrected chi connectivity index (χ2v) is 9.00. The van der Waals surface area contributed by atoms with Gasteiger partial charge >= 0.3 is 5.97 Å². The number of Topliss-reactive ketones (excluding diaryl/α,β-unsaturated/α-hetero) is 2. The first-order valence-corrected chi connectivity index (χ1v) is 11.8. The Kier molecular flexibility index (Phi) is 9.25. The van der Waals surface area contributed by atoms with Crippen LogP contribution >= 0.6 is 12.4 Å². The molecule has 1 saturated heterocycles. The van der Waals surface area contributed by atoms with Crippen molar-refractivity contribution in [1.82, 2.24) is 9.80 Å². The molecule has 0 radical (unpaired) electrons. The van der Waals surface area contributed by atoms with Gasteiger partial charge in [0.2, 0.25) is 0 Å². The molecule has 2 N–H and O–H groups in total. The van der Waals surface area contributed by atoms with Gasteiger partial charge in [0, 0.05) is 63.9 Å². The highest BCUT2D eigenvalue weighted by molar-refractivity contribution is 6.25. The molecule has 0 spiro atoms. The molecule has 0 aromatic heterocycles. The number of likely N-dealkylation sites (N-methyl/N-ethyl adjacent to an activating group) is 1. The number of carboxylic acids is 1. The van der Waals surface area contributed by atoms with E-state index in [9.17, 15) is 19.5 Å². The topological polar surface area (TPSA) is 99.2 Å². The van der Waals surface area contributed by atoms with Crippen LogP contribution in [-0.2, 0) is 22.4 Å². The Morgan fingerprint density at radius 2 is 1.86 bits per heavy atom. The third-order valence-electron chi connectivity index (χ3n) is 6.65. The van der Waals surface area contributed by atoms with Crippen molar-refractivity contribution in [3.8, 4) is 5.75 Å². The van der Waals surface area contributed by atoms with Gasteiger partial charge in [-0.15, -0.1) is 12.4 Å². The van der Waals surface area contributed by atoms with Crippen LogP contribution in [0.3, 0.4) is 0 Å². The minimum absolute atomic E-state index is 0. The van der Waals surface area contributed by atoms with E-state index in [0.717, 1.165) is 43.0 Å². The van der Waals surface area contributed by atoms with E-state index in [1.807, 2.05) is 18.2 Å². The third kappa shape index (κ3) is 6.32. The normalized spacial score (nSPS) is 15.9. The predicted octanol–water partition coefficient (Wildman–Crippen LogP) is 2.79. The van der Waals surface area contributed by atoms with E-state index in [-0.39, 0.29) is 48.0 Å². The molecule has 8 nitrogen and oxygen atoms in total. The number of nitrogens with one attached hydrogen (secondary N) is 1. The van der Waals surface area contributed by atoms with Crippen LogP contribution < -0.4 is 10.1 Å². The van der Waals surface area contributed by atoms with Gasteiger partial charge in [-0.25, -0.2) is 4.79 Å². The Morgan fingerprint density at radius 1 is 1.11 bits per heavy atom. The average molecular weight is 514 g/mol. The highest BCUT2D eigenvalue weighted by Gasteiger charge is 2.26. The maximum Gasteiger partial charge on any atom is 0.335 e. The van der Waals surface area contributed by atoms with E-state index in [1.54, 1.807) is 19.2 Å². The fraction of sp³-hybridized carbons (Fsp3) is 0.370. The van der Waals surface area contributed by atoms with Crippen molar-refractivity contribution < 1.29 is 24.2 Å². The van der Waals surface area contributed by atoms with Crippen LogP contribution in [0.15, 0.2) is 42.0 Å². The number of hydrogen-bond donors (Lipinski definition) is 2. The number of halogens is 1. The number of fused-ring (bicyclic) bond motifs is 1. The molecule has 0 atom stereocenters. The summed E-state index contributed by atoms with van der Waals surface area (Å²) in [4.78, 5) is 42.1. The summed E-state index contributed by atoms with van der Waals surface area (Å²) < 4.78 is 5.98.